The van der Waals surface area contributed by atoms with E-state index in [1.54, 1.807) is 12.1 Å². The van der Waals surface area contributed by atoms with E-state index in [0.29, 0.717) is 43.4 Å². The first-order chi connectivity index (χ1) is 13.9. The van der Waals surface area contributed by atoms with Crippen molar-refractivity contribution in [3.8, 4) is 0 Å². The Labute approximate surface area is 174 Å². The van der Waals surface area contributed by atoms with Gasteiger partial charge in [-0.1, -0.05) is 17.7 Å². The van der Waals surface area contributed by atoms with Crippen molar-refractivity contribution in [2.24, 2.45) is 0 Å². The molecule has 1 heterocycles. The highest BCUT2D eigenvalue weighted by molar-refractivity contribution is 6.31. The van der Waals surface area contributed by atoms with Crippen LogP contribution in [0.25, 0.3) is 0 Å². The van der Waals surface area contributed by atoms with Crippen molar-refractivity contribution in [1.82, 2.24) is 9.80 Å². The SMILES string of the molecule is Cc1c(Cl)cccc1NC(=O)CN1CCN(CC(=O)Nc2ccc(F)cc2)CC1. The van der Waals surface area contributed by atoms with Gasteiger partial charge in [-0.15, -0.1) is 0 Å². The van der Waals surface area contributed by atoms with Crippen LogP contribution in [0.4, 0.5) is 15.8 Å². The number of hydrogen-bond donors (Lipinski definition) is 2. The summed E-state index contributed by atoms with van der Waals surface area (Å²) in [7, 11) is 0. The topological polar surface area (TPSA) is 64.7 Å². The number of piperazine rings is 1. The van der Waals surface area contributed by atoms with E-state index in [0.717, 1.165) is 11.3 Å². The van der Waals surface area contributed by atoms with Crippen LogP contribution in [-0.4, -0.2) is 60.9 Å². The Morgan fingerprint density at radius 3 is 2.07 bits per heavy atom. The molecule has 0 unspecified atom stereocenters. The molecule has 154 valence electrons. The number of carbonyl (C=O) groups excluding carboxylic acids is 2. The van der Waals surface area contributed by atoms with E-state index in [-0.39, 0.29) is 24.2 Å². The summed E-state index contributed by atoms with van der Waals surface area (Å²) in [6, 6.07) is 11.1. The van der Waals surface area contributed by atoms with E-state index in [4.69, 9.17) is 11.6 Å². The minimum Gasteiger partial charge on any atom is -0.325 e. The number of nitrogens with one attached hydrogen (secondary N) is 2. The minimum atomic E-state index is -0.339. The molecule has 1 fully saturated rings. The fraction of sp³-hybridized carbons (Fsp3) is 0.333. The fourth-order valence-corrected chi connectivity index (χ4v) is 3.35. The van der Waals surface area contributed by atoms with Crippen molar-refractivity contribution in [3.05, 3.63) is 58.9 Å². The van der Waals surface area contributed by atoms with E-state index in [9.17, 15) is 14.0 Å². The van der Waals surface area contributed by atoms with Gasteiger partial charge in [-0.3, -0.25) is 19.4 Å². The minimum absolute atomic E-state index is 0.0853. The number of rotatable bonds is 6. The third-order valence-corrected chi connectivity index (χ3v) is 5.28. The largest absolute Gasteiger partial charge is 0.325 e. The lowest BCUT2D eigenvalue weighted by molar-refractivity contribution is -0.120. The lowest BCUT2D eigenvalue weighted by Gasteiger charge is -2.33. The van der Waals surface area contributed by atoms with Crippen LogP contribution in [-0.2, 0) is 9.59 Å². The van der Waals surface area contributed by atoms with Gasteiger partial charge < -0.3 is 10.6 Å². The molecule has 2 aromatic carbocycles. The first kappa shape index (κ1) is 21.2. The van der Waals surface area contributed by atoms with Gasteiger partial charge in [0.2, 0.25) is 11.8 Å². The summed E-state index contributed by atoms with van der Waals surface area (Å²) < 4.78 is 12.9. The third kappa shape index (κ3) is 6.25. The van der Waals surface area contributed by atoms with Crippen molar-refractivity contribution in [2.45, 2.75) is 6.92 Å². The maximum absolute atomic E-state index is 12.9. The molecule has 8 heteroatoms. The van der Waals surface area contributed by atoms with Gasteiger partial charge in [0.15, 0.2) is 0 Å². The number of benzene rings is 2. The van der Waals surface area contributed by atoms with Crippen LogP contribution in [0.1, 0.15) is 5.56 Å². The summed E-state index contributed by atoms with van der Waals surface area (Å²) in [6.45, 7) is 5.21. The molecule has 2 N–H and O–H groups in total. The maximum Gasteiger partial charge on any atom is 0.238 e. The van der Waals surface area contributed by atoms with Crippen molar-refractivity contribution in [1.29, 1.82) is 0 Å². The molecule has 0 aromatic heterocycles. The highest BCUT2D eigenvalue weighted by Crippen LogP contribution is 2.22. The molecule has 2 amide bonds. The summed E-state index contributed by atoms with van der Waals surface area (Å²) in [5, 5.41) is 6.29. The van der Waals surface area contributed by atoms with E-state index < -0.39 is 0 Å². The molecule has 0 atom stereocenters. The molecule has 1 aliphatic heterocycles. The summed E-state index contributed by atoms with van der Waals surface area (Å²) in [5.74, 6) is -0.564. The lowest BCUT2D eigenvalue weighted by Crippen LogP contribution is -2.50. The molecule has 0 saturated carbocycles. The van der Waals surface area contributed by atoms with Crippen LogP contribution < -0.4 is 10.6 Å². The number of carbonyl (C=O) groups is 2. The molecule has 3 rings (SSSR count). The van der Waals surface area contributed by atoms with Crippen LogP contribution in [0.15, 0.2) is 42.5 Å². The number of anilines is 2. The van der Waals surface area contributed by atoms with Gasteiger partial charge in [-0.25, -0.2) is 4.39 Å². The summed E-state index contributed by atoms with van der Waals surface area (Å²) in [5.41, 5.74) is 2.14. The predicted octanol–water partition coefficient (Wildman–Crippen LogP) is 2.98. The smallest absolute Gasteiger partial charge is 0.238 e. The second-order valence-corrected chi connectivity index (χ2v) is 7.48. The first-order valence-electron chi connectivity index (χ1n) is 9.46. The van der Waals surface area contributed by atoms with Crippen LogP contribution in [0, 0.1) is 12.7 Å². The quantitative estimate of drug-likeness (QED) is 0.757. The molecule has 1 saturated heterocycles. The number of halogens is 2. The third-order valence-electron chi connectivity index (χ3n) is 4.87. The molecule has 6 nitrogen and oxygen atoms in total. The van der Waals surface area contributed by atoms with E-state index in [1.807, 2.05) is 17.9 Å². The maximum atomic E-state index is 12.9. The second-order valence-electron chi connectivity index (χ2n) is 7.07. The summed E-state index contributed by atoms with van der Waals surface area (Å²) in [6.07, 6.45) is 0. The summed E-state index contributed by atoms with van der Waals surface area (Å²) >= 11 is 6.09. The van der Waals surface area contributed by atoms with Gasteiger partial charge in [0.1, 0.15) is 5.82 Å². The van der Waals surface area contributed by atoms with Crippen molar-refractivity contribution >= 4 is 34.8 Å². The van der Waals surface area contributed by atoms with Crippen LogP contribution in [0.2, 0.25) is 5.02 Å². The van der Waals surface area contributed by atoms with Crippen LogP contribution >= 0.6 is 11.6 Å². The van der Waals surface area contributed by atoms with Crippen molar-refractivity contribution < 1.29 is 14.0 Å². The molecule has 0 bridgehead atoms. The molecule has 0 radical (unpaired) electrons. The number of hydrogen-bond acceptors (Lipinski definition) is 4. The average molecular weight is 419 g/mol. The van der Waals surface area contributed by atoms with Gasteiger partial charge >= 0.3 is 0 Å². The molecular weight excluding hydrogens is 395 g/mol. The highest BCUT2D eigenvalue weighted by Gasteiger charge is 2.21. The van der Waals surface area contributed by atoms with Gasteiger partial charge in [-0.05, 0) is 48.9 Å². The predicted molar refractivity (Wildman–Crippen MR) is 113 cm³/mol. The molecular formula is C21H24ClFN4O2. The van der Waals surface area contributed by atoms with Gasteiger partial charge in [0.05, 0.1) is 13.1 Å². The zero-order valence-electron chi connectivity index (χ0n) is 16.3. The Hall–Kier alpha value is -2.48. The Balaban J connectivity index is 1.40. The number of amides is 2. The van der Waals surface area contributed by atoms with Gasteiger partial charge in [0.25, 0.3) is 0 Å². The fourth-order valence-electron chi connectivity index (χ4n) is 3.18. The standard InChI is InChI=1S/C21H24ClFN4O2/c1-15-18(22)3-2-4-19(15)25-21(29)14-27-11-9-26(10-12-27)13-20(28)24-17-7-5-16(23)6-8-17/h2-8H,9-14H2,1H3,(H,24,28)(H,25,29). The molecule has 0 aliphatic carbocycles. The van der Waals surface area contributed by atoms with Crippen molar-refractivity contribution in [3.63, 3.8) is 0 Å². The molecule has 2 aromatic rings. The van der Waals surface area contributed by atoms with Crippen LogP contribution in [0.5, 0.6) is 0 Å². The van der Waals surface area contributed by atoms with E-state index in [1.165, 1.54) is 24.3 Å². The zero-order valence-corrected chi connectivity index (χ0v) is 17.0. The molecule has 1 aliphatic rings. The zero-order chi connectivity index (χ0) is 20.8. The average Bonchev–Trinajstić information content (AvgIpc) is 2.69. The van der Waals surface area contributed by atoms with Gasteiger partial charge in [0, 0.05) is 42.6 Å². The van der Waals surface area contributed by atoms with Crippen molar-refractivity contribution in [2.75, 3.05) is 49.9 Å². The highest BCUT2D eigenvalue weighted by atomic mass is 35.5. The monoisotopic (exact) mass is 418 g/mol. The molecule has 29 heavy (non-hydrogen) atoms. The number of nitrogens with zero attached hydrogens (tertiary/aromatic N) is 2. The Kier molecular flexibility index (Phi) is 7.19. The Morgan fingerprint density at radius 2 is 1.48 bits per heavy atom. The first-order valence-corrected chi connectivity index (χ1v) is 9.83. The summed E-state index contributed by atoms with van der Waals surface area (Å²) in [4.78, 5) is 28.6. The van der Waals surface area contributed by atoms with Gasteiger partial charge in [-0.2, -0.15) is 0 Å². The normalized spacial score (nSPS) is 15.1. The van der Waals surface area contributed by atoms with E-state index in [2.05, 4.69) is 15.5 Å². The Bertz CT molecular complexity index is 867. The van der Waals surface area contributed by atoms with E-state index >= 15 is 0 Å². The molecule has 0 spiro atoms. The van der Waals surface area contributed by atoms with Crippen LogP contribution in [0.3, 0.4) is 0 Å². The second kappa shape index (κ2) is 9.82. The Morgan fingerprint density at radius 1 is 0.931 bits per heavy atom. The lowest BCUT2D eigenvalue weighted by atomic mass is 10.2.